The highest BCUT2D eigenvalue weighted by molar-refractivity contribution is 7.89. The first-order valence-corrected chi connectivity index (χ1v) is 9.85. The summed E-state index contributed by atoms with van der Waals surface area (Å²) in [6.07, 6.45) is 3.27. The summed E-state index contributed by atoms with van der Waals surface area (Å²) in [6.45, 7) is 5.45. The van der Waals surface area contributed by atoms with Gasteiger partial charge in [0, 0.05) is 31.4 Å². The van der Waals surface area contributed by atoms with E-state index in [1.165, 1.54) is 25.0 Å². The molecule has 1 saturated carbocycles. The Morgan fingerprint density at radius 1 is 1.33 bits per heavy atom. The molecule has 1 aliphatic rings. The molecule has 1 aliphatic carbocycles. The van der Waals surface area contributed by atoms with Crippen molar-refractivity contribution >= 4 is 15.9 Å². The van der Waals surface area contributed by atoms with Gasteiger partial charge in [-0.1, -0.05) is 6.07 Å². The minimum atomic E-state index is -3.60. The second kappa shape index (κ2) is 8.60. The SMILES string of the molecule is CC(C)NS(=O)(=O)c1cccc(C(=O)NCCCOCC2CC2)c1. The van der Waals surface area contributed by atoms with Crippen molar-refractivity contribution in [2.45, 2.75) is 44.0 Å². The lowest BCUT2D eigenvalue weighted by atomic mass is 10.2. The maximum absolute atomic E-state index is 12.2. The summed E-state index contributed by atoms with van der Waals surface area (Å²) in [5.41, 5.74) is 0.334. The molecule has 24 heavy (non-hydrogen) atoms. The van der Waals surface area contributed by atoms with Crippen LogP contribution in [0.2, 0.25) is 0 Å². The van der Waals surface area contributed by atoms with E-state index in [0.717, 1.165) is 18.9 Å². The molecule has 1 fully saturated rings. The summed E-state index contributed by atoms with van der Waals surface area (Å²) < 4.78 is 32.3. The Hall–Kier alpha value is -1.44. The number of carbonyl (C=O) groups is 1. The molecule has 0 radical (unpaired) electrons. The molecule has 2 rings (SSSR count). The Kier molecular flexibility index (Phi) is 6.77. The smallest absolute Gasteiger partial charge is 0.251 e. The van der Waals surface area contributed by atoms with Crippen molar-refractivity contribution in [2.75, 3.05) is 19.8 Å². The predicted octanol–water partition coefficient (Wildman–Crippen LogP) is 1.92. The largest absolute Gasteiger partial charge is 0.381 e. The summed E-state index contributed by atoms with van der Waals surface area (Å²) in [5.74, 6) is 0.461. The summed E-state index contributed by atoms with van der Waals surface area (Å²) in [4.78, 5) is 12.2. The van der Waals surface area contributed by atoms with Gasteiger partial charge < -0.3 is 10.1 Å². The molecule has 7 heteroatoms. The quantitative estimate of drug-likeness (QED) is 0.629. The van der Waals surface area contributed by atoms with Crippen LogP contribution in [0.1, 0.15) is 43.5 Å². The zero-order valence-electron chi connectivity index (χ0n) is 14.2. The van der Waals surface area contributed by atoms with Gasteiger partial charge in [-0.3, -0.25) is 4.79 Å². The van der Waals surface area contributed by atoms with Crippen LogP contribution in [0.25, 0.3) is 0 Å². The van der Waals surface area contributed by atoms with Crippen LogP contribution in [0.4, 0.5) is 0 Å². The van der Waals surface area contributed by atoms with Gasteiger partial charge in [0.15, 0.2) is 0 Å². The van der Waals surface area contributed by atoms with E-state index in [1.807, 2.05) is 0 Å². The fourth-order valence-corrected chi connectivity index (χ4v) is 3.49. The minimum Gasteiger partial charge on any atom is -0.381 e. The van der Waals surface area contributed by atoms with Crippen molar-refractivity contribution in [2.24, 2.45) is 5.92 Å². The second-order valence-electron chi connectivity index (χ2n) is 6.43. The average Bonchev–Trinajstić information content (AvgIpc) is 3.33. The first kappa shape index (κ1) is 18.9. The van der Waals surface area contributed by atoms with Crippen molar-refractivity contribution in [3.63, 3.8) is 0 Å². The van der Waals surface area contributed by atoms with Crippen molar-refractivity contribution in [1.82, 2.24) is 10.0 Å². The second-order valence-corrected chi connectivity index (χ2v) is 8.15. The van der Waals surface area contributed by atoms with E-state index >= 15 is 0 Å². The van der Waals surface area contributed by atoms with Gasteiger partial charge in [0.05, 0.1) is 4.90 Å². The zero-order chi connectivity index (χ0) is 17.6. The number of rotatable bonds is 10. The van der Waals surface area contributed by atoms with Crippen LogP contribution in [0.15, 0.2) is 29.2 Å². The van der Waals surface area contributed by atoms with Crippen molar-refractivity contribution in [3.8, 4) is 0 Å². The zero-order valence-corrected chi connectivity index (χ0v) is 15.1. The molecule has 0 spiro atoms. The molecular formula is C17H26N2O4S. The average molecular weight is 354 g/mol. The molecule has 0 aromatic heterocycles. The number of nitrogens with one attached hydrogen (secondary N) is 2. The summed E-state index contributed by atoms with van der Waals surface area (Å²) in [6, 6.07) is 5.84. The Balaban J connectivity index is 1.82. The fraction of sp³-hybridized carbons (Fsp3) is 0.588. The maximum Gasteiger partial charge on any atom is 0.251 e. The third-order valence-corrected chi connectivity index (χ3v) is 5.26. The van der Waals surface area contributed by atoms with E-state index in [-0.39, 0.29) is 16.8 Å². The van der Waals surface area contributed by atoms with Crippen LogP contribution in [0.3, 0.4) is 0 Å². The van der Waals surface area contributed by atoms with Gasteiger partial charge in [-0.2, -0.15) is 0 Å². The Labute approximate surface area is 144 Å². The Bertz CT molecular complexity index is 654. The van der Waals surface area contributed by atoms with Gasteiger partial charge in [0.25, 0.3) is 5.91 Å². The lowest BCUT2D eigenvalue weighted by Crippen LogP contribution is -2.30. The molecule has 1 aromatic carbocycles. The summed E-state index contributed by atoms with van der Waals surface area (Å²) >= 11 is 0. The van der Waals surface area contributed by atoms with Gasteiger partial charge in [-0.25, -0.2) is 13.1 Å². The first-order chi connectivity index (χ1) is 11.4. The summed E-state index contributed by atoms with van der Waals surface area (Å²) in [5, 5.41) is 2.79. The molecule has 0 atom stereocenters. The van der Waals surface area contributed by atoms with E-state index in [9.17, 15) is 13.2 Å². The van der Waals surface area contributed by atoms with Gasteiger partial charge >= 0.3 is 0 Å². The molecule has 2 N–H and O–H groups in total. The lowest BCUT2D eigenvalue weighted by molar-refractivity contribution is 0.0937. The highest BCUT2D eigenvalue weighted by Crippen LogP contribution is 2.28. The van der Waals surface area contributed by atoms with Gasteiger partial charge in [0.2, 0.25) is 10.0 Å². The van der Waals surface area contributed by atoms with Crippen LogP contribution < -0.4 is 10.0 Å². The van der Waals surface area contributed by atoms with E-state index in [1.54, 1.807) is 26.0 Å². The highest BCUT2D eigenvalue weighted by Gasteiger charge is 2.21. The van der Waals surface area contributed by atoms with E-state index < -0.39 is 10.0 Å². The molecule has 1 amide bonds. The topological polar surface area (TPSA) is 84.5 Å². The Morgan fingerprint density at radius 2 is 2.08 bits per heavy atom. The first-order valence-electron chi connectivity index (χ1n) is 8.37. The number of hydrogen-bond acceptors (Lipinski definition) is 4. The monoisotopic (exact) mass is 354 g/mol. The number of ether oxygens (including phenoxy) is 1. The number of benzene rings is 1. The molecule has 0 bridgehead atoms. The molecular weight excluding hydrogens is 328 g/mol. The van der Waals surface area contributed by atoms with Gasteiger partial charge in [-0.05, 0) is 57.2 Å². The number of sulfonamides is 1. The van der Waals surface area contributed by atoms with Gasteiger partial charge in [-0.15, -0.1) is 0 Å². The lowest BCUT2D eigenvalue weighted by Gasteiger charge is -2.11. The van der Waals surface area contributed by atoms with E-state index in [0.29, 0.717) is 18.7 Å². The molecule has 134 valence electrons. The van der Waals surface area contributed by atoms with Crippen LogP contribution in [0, 0.1) is 5.92 Å². The number of hydrogen-bond donors (Lipinski definition) is 2. The minimum absolute atomic E-state index is 0.0941. The molecule has 0 aliphatic heterocycles. The van der Waals surface area contributed by atoms with Crippen LogP contribution in [-0.2, 0) is 14.8 Å². The number of carbonyl (C=O) groups excluding carboxylic acids is 1. The standard InChI is InChI=1S/C17H26N2O4S/c1-13(2)19-24(21,22)16-6-3-5-15(11-16)17(20)18-9-4-10-23-12-14-7-8-14/h3,5-6,11,13-14,19H,4,7-10,12H2,1-2H3,(H,18,20). The third kappa shape index (κ3) is 6.22. The number of amides is 1. The highest BCUT2D eigenvalue weighted by atomic mass is 32.2. The fourth-order valence-electron chi connectivity index (χ4n) is 2.20. The normalized spacial score (nSPS) is 14.8. The molecule has 1 aromatic rings. The molecule has 0 unspecified atom stereocenters. The Morgan fingerprint density at radius 3 is 2.75 bits per heavy atom. The van der Waals surface area contributed by atoms with Crippen LogP contribution in [0.5, 0.6) is 0 Å². The van der Waals surface area contributed by atoms with Crippen LogP contribution >= 0.6 is 0 Å². The molecule has 0 saturated heterocycles. The van der Waals surface area contributed by atoms with Crippen molar-refractivity contribution in [1.29, 1.82) is 0 Å². The van der Waals surface area contributed by atoms with E-state index in [2.05, 4.69) is 10.0 Å². The molecule has 6 nitrogen and oxygen atoms in total. The van der Waals surface area contributed by atoms with E-state index in [4.69, 9.17) is 4.74 Å². The third-order valence-electron chi connectivity index (χ3n) is 3.60. The van der Waals surface area contributed by atoms with Crippen LogP contribution in [-0.4, -0.2) is 40.1 Å². The maximum atomic E-state index is 12.2. The molecule has 0 heterocycles. The summed E-state index contributed by atoms with van der Waals surface area (Å²) in [7, 11) is -3.60. The predicted molar refractivity (Wildman–Crippen MR) is 92.4 cm³/mol. The van der Waals surface area contributed by atoms with Crippen molar-refractivity contribution < 1.29 is 17.9 Å². The van der Waals surface area contributed by atoms with Crippen molar-refractivity contribution in [3.05, 3.63) is 29.8 Å². The van der Waals surface area contributed by atoms with Gasteiger partial charge in [0.1, 0.15) is 0 Å².